The number of hydrogen-bond donors (Lipinski definition) is 1. The lowest BCUT2D eigenvalue weighted by atomic mass is 10.0. The molecule has 0 saturated carbocycles. The number of nitrogens with one attached hydrogen (secondary N) is 1. The van der Waals surface area contributed by atoms with Crippen molar-refractivity contribution < 1.29 is 4.74 Å². The van der Waals surface area contributed by atoms with Crippen LogP contribution < -0.4 is 10.2 Å². The van der Waals surface area contributed by atoms with Gasteiger partial charge in [-0.1, -0.05) is 0 Å². The molecule has 0 spiro atoms. The summed E-state index contributed by atoms with van der Waals surface area (Å²) in [7, 11) is 0. The van der Waals surface area contributed by atoms with E-state index in [4.69, 9.17) is 4.74 Å². The lowest BCUT2D eigenvalue weighted by Gasteiger charge is -2.30. The van der Waals surface area contributed by atoms with Crippen LogP contribution in [0.2, 0.25) is 0 Å². The van der Waals surface area contributed by atoms with E-state index in [1.807, 2.05) is 12.4 Å². The molecule has 0 bridgehead atoms. The molecule has 4 nitrogen and oxygen atoms in total. The van der Waals surface area contributed by atoms with Gasteiger partial charge in [0.15, 0.2) is 0 Å². The molecule has 0 amide bonds. The standard InChI is InChI=1S/C12H17N3O/c1-2-15-11-3-4-13-6-10(11)14-5-9-7-16-8-12(9)15/h3-4,6,9,12,14H,2,5,7-8H2,1H3. The minimum atomic E-state index is 0.515. The number of likely N-dealkylation sites (N-methyl/N-ethyl adjacent to an activating group) is 1. The van der Waals surface area contributed by atoms with Crippen LogP contribution in [0.5, 0.6) is 0 Å². The van der Waals surface area contributed by atoms with Crippen molar-refractivity contribution in [1.82, 2.24) is 4.98 Å². The van der Waals surface area contributed by atoms with Crippen LogP contribution in [0.15, 0.2) is 18.5 Å². The van der Waals surface area contributed by atoms with Gasteiger partial charge in [0.25, 0.3) is 0 Å². The van der Waals surface area contributed by atoms with Crippen molar-refractivity contribution in [3.05, 3.63) is 18.5 Å². The normalized spacial score (nSPS) is 27.9. The van der Waals surface area contributed by atoms with E-state index >= 15 is 0 Å². The van der Waals surface area contributed by atoms with Crippen LogP contribution in [0.4, 0.5) is 11.4 Å². The molecule has 1 saturated heterocycles. The van der Waals surface area contributed by atoms with Gasteiger partial charge in [0.2, 0.25) is 0 Å². The molecule has 2 aliphatic heterocycles. The fourth-order valence-corrected chi connectivity index (χ4v) is 2.73. The molecular formula is C12H17N3O. The Bertz CT molecular complexity index is 382. The molecule has 3 heterocycles. The van der Waals surface area contributed by atoms with Crippen LogP contribution in [-0.4, -0.2) is 37.3 Å². The van der Waals surface area contributed by atoms with Gasteiger partial charge in [-0.25, -0.2) is 0 Å². The lowest BCUT2D eigenvalue weighted by Crippen LogP contribution is -2.40. The first kappa shape index (κ1) is 9.90. The quantitative estimate of drug-likeness (QED) is 0.773. The molecule has 1 N–H and O–H groups in total. The van der Waals surface area contributed by atoms with Crippen LogP contribution in [0, 0.1) is 5.92 Å². The van der Waals surface area contributed by atoms with Crippen molar-refractivity contribution in [2.75, 3.05) is 36.5 Å². The van der Waals surface area contributed by atoms with Crippen LogP contribution in [0.1, 0.15) is 6.92 Å². The monoisotopic (exact) mass is 219 g/mol. The summed E-state index contributed by atoms with van der Waals surface area (Å²) in [6.07, 6.45) is 3.78. The van der Waals surface area contributed by atoms with E-state index < -0.39 is 0 Å². The van der Waals surface area contributed by atoms with E-state index in [0.29, 0.717) is 12.0 Å². The Kier molecular flexibility index (Phi) is 2.44. The first-order valence-electron chi connectivity index (χ1n) is 5.92. The molecule has 4 heteroatoms. The number of aromatic nitrogens is 1. The van der Waals surface area contributed by atoms with Gasteiger partial charge in [-0.2, -0.15) is 0 Å². The van der Waals surface area contributed by atoms with E-state index in [0.717, 1.165) is 32.0 Å². The van der Waals surface area contributed by atoms with E-state index in [2.05, 4.69) is 28.2 Å². The number of fused-ring (bicyclic) bond motifs is 2. The second-order valence-electron chi connectivity index (χ2n) is 4.42. The van der Waals surface area contributed by atoms with Gasteiger partial charge < -0.3 is 15.0 Å². The number of pyridine rings is 1. The first-order chi connectivity index (χ1) is 7.90. The third kappa shape index (κ3) is 1.45. The van der Waals surface area contributed by atoms with Crippen molar-refractivity contribution in [1.29, 1.82) is 0 Å². The topological polar surface area (TPSA) is 37.4 Å². The summed E-state index contributed by atoms with van der Waals surface area (Å²) >= 11 is 0. The van der Waals surface area contributed by atoms with Crippen LogP contribution >= 0.6 is 0 Å². The Balaban J connectivity index is 2.01. The largest absolute Gasteiger partial charge is 0.382 e. The molecule has 0 radical (unpaired) electrons. The predicted octanol–water partition coefficient (Wildman–Crippen LogP) is 1.35. The fraction of sp³-hybridized carbons (Fsp3) is 0.583. The van der Waals surface area contributed by atoms with Gasteiger partial charge in [-0.05, 0) is 13.0 Å². The maximum atomic E-state index is 5.60. The zero-order valence-corrected chi connectivity index (χ0v) is 9.52. The molecule has 0 aliphatic carbocycles. The van der Waals surface area contributed by atoms with Crippen molar-refractivity contribution in [3.63, 3.8) is 0 Å². The van der Waals surface area contributed by atoms with Gasteiger partial charge >= 0.3 is 0 Å². The maximum Gasteiger partial charge on any atom is 0.0764 e. The molecule has 0 aromatic carbocycles. The number of nitrogens with zero attached hydrogens (tertiary/aromatic N) is 2. The Labute approximate surface area is 95.6 Å². The predicted molar refractivity (Wildman–Crippen MR) is 63.8 cm³/mol. The lowest BCUT2D eigenvalue weighted by molar-refractivity contribution is 0.185. The molecule has 1 aromatic rings. The Hall–Kier alpha value is -1.29. The van der Waals surface area contributed by atoms with Gasteiger partial charge in [0.05, 0.1) is 36.8 Å². The minimum absolute atomic E-state index is 0.515. The third-order valence-electron chi connectivity index (χ3n) is 3.57. The van der Waals surface area contributed by atoms with Crippen LogP contribution in [0.25, 0.3) is 0 Å². The highest BCUT2D eigenvalue weighted by molar-refractivity contribution is 5.70. The van der Waals surface area contributed by atoms with Crippen LogP contribution in [0.3, 0.4) is 0 Å². The number of ether oxygens (including phenoxy) is 1. The number of rotatable bonds is 1. The minimum Gasteiger partial charge on any atom is -0.382 e. The highest BCUT2D eigenvalue weighted by Gasteiger charge is 2.35. The third-order valence-corrected chi connectivity index (χ3v) is 3.57. The summed E-state index contributed by atoms with van der Waals surface area (Å²) in [6, 6.07) is 2.60. The second-order valence-corrected chi connectivity index (χ2v) is 4.42. The van der Waals surface area contributed by atoms with Gasteiger partial charge in [-0.3, -0.25) is 4.98 Å². The highest BCUT2D eigenvalue weighted by atomic mass is 16.5. The average Bonchev–Trinajstić information content (AvgIpc) is 2.72. The smallest absolute Gasteiger partial charge is 0.0764 e. The molecule has 16 heavy (non-hydrogen) atoms. The molecular weight excluding hydrogens is 202 g/mol. The molecule has 2 atom stereocenters. The van der Waals surface area contributed by atoms with Gasteiger partial charge in [-0.15, -0.1) is 0 Å². The zero-order chi connectivity index (χ0) is 11.0. The van der Waals surface area contributed by atoms with E-state index in [-0.39, 0.29) is 0 Å². The van der Waals surface area contributed by atoms with Crippen molar-refractivity contribution in [3.8, 4) is 0 Å². The summed E-state index contributed by atoms with van der Waals surface area (Å²) in [6.45, 7) is 5.92. The van der Waals surface area contributed by atoms with Crippen LogP contribution in [-0.2, 0) is 4.74 Å². The summed E-state index contributed by atoms with van der Waals surface area (Å²) in [5, 5.41) is 3.48. The van der Waals surface area contributed by atoms with E-state index in [1.165, 1.54) is 5.69 Å². The maximum absolute atomic E-state index is 5.60. The molecule has 1 aromatic heterocycles. The molecule has 86 valence electrons. The Morgan fingerprint density at radius 3 is 3.38 bits per heavy atom. The molecule has 2 unspecified atom stereocenters. The summed E-state index contributed by atoms with van der Waals surface area (Å²) in [5.74, 6) is 0.590. The zero-order valence-electron chi connectivity index (χ0n) is 9.52. The summed E-state index contributed by atoms with van der Waals surface area (Å²) in [5.41, 5.74) is 2.41. The van der Waals surface area contributed by atoms with Gasteiger partial charge in [0.1, 0.15) is 0 Å². The Morgan fingerprint density at radius 1 is 1.56 bits per heavy atom. The van der Waals surface area contributed by atoms with Crippen molar-refractivity contribution in [2.24, 2.45) is 5.92 Å². The summed E-state index contributed by atoms with van der Waals surface area (Å²) < 4.78 is 5.60. The first-order valence-corrected chi connectivity index (χ1v) is 5.92. The SMILES string of the molecule is CCN1c2ccncc2NCC2COCC21. The number of hydrogen-bond acceptors (Lipinski definition) is 4. The van der Waals surface area contributed by atoms with E-state index in [1.54, 1.807) is 0 Å². The van der Waals surface area contributed by atoms with E-state index in [9.17, 15) is 0 Å². The highest BCUT2D eigenvalue weighted by Crippen LogP contribution is 2.33. The number of anilines is 2. The molecule has 2 aliphatic rings. The van der Waals surface area contributed by atoms with Gasteiger partial charge in [0, 0.05) is 25.2 Å². The Morgan fingerprint density at radius 2 is 2.50 bits per heavy atom. The molecule has 1 fully saturated rings. The summed E-state index contributed by atoms with van der Waals surface area (Å²) in [4.78, 5) is 6.62. The molecule has 3 rings (SSSR count). The fourth-order valence-electron chi connectivity index (χ4n) is 2.73. The van der Waals surface area contributed by atoms with Crippen molar-refractivity contribution in [2.45, 2.75) is 13.0 Å². The average molecular weight is 219 g/mol. The van der Waals surface area contributed by atoms with Crippen molar-refractivity contribution >= 4 is 11.4 Å². The second kappa shape index (κ2) is 3.94.